The summed E-state index contributed by atoms with van der Waals surface area (Å²) in [5.74, 6) is -2.93. The molecule has 1 amide bonds. The summed E-state index contributed by atoms with van der Waals surface area (Å²) in [6.07, 6.45) is 0.633. The smallest absolute Gasteiger partial charge is 0.346 e. The number of hydrogen-bond donors (Lipinski definition) is 1. The summed E-state index contributed by atoms with van der Waals surface area (Å²) < 4.78 is 71.0. The van der Waals surface area contributed by atoms with Crippen molar-refractivity contribution in [3.8, 4) is 17.3 Å². The molecular weight excluding hydrogens is 549 g/mol. The molecule has 4 atom stereocenters. The molecule has 6 rings (SSSR count). The molecule has 0 spiro atoms. The normalized spacial score (nSPS) is 23.4. The SMILES string of the molecule is N#CCC1CN([C@H]2CCN(C(=O)c3ccnc(C(F)(F)F)c3F)C[C@H]2F)C1n1cc(-c2ncnc3[nH]ccc23)cn1. The molecule has 1 N–H and O–H groups in total. The molecule has 0 saturated carbocycles. The minimum atomic E-state index is -5.07. The predicted molar refractivity (Wildman–Crippen MR) is 133 cm³/mol. The molecule has 2 saturated heterocycles. The van der Waals surface area contributed by atoms with Crippen molar-refractivity contribution in [2.75, 3.05) is 19.6 Å². The maximum atomic E-state index is 15.6. The predicted octanol–water partition coefficient (Wildman–Crippen LogP) is 3.97. The quantitative estimate of drug-likeness (QED) is 0.360. The minimum Gasteiger partial charge on any atom is -0.346 e. The number of aromatic amines is 1. The van der Waals surface area contributed by atoms with Gasteiger partial charge in [-0.3, -0.25) is 14.4 Å². The van der Waals surface area contributed by atoms with Crippen LogP contribution in [-0.4, -0.2) is 77.3 Å². The minimum absolute atomic E-state index is 0.00986. The van der Waals surface area contributed by atoms with Crippen molar-refractivity contribution in [2.45, 2.75) is 37.4 Å². The Kier molecular flexibility index (Phi) is 6.65. The Labute approximate surface area is 229 Å². The zero-order valence-electron chi connectivity index (χ0n) is 21.3. The van der Waals surface area contributed by atoms with Crippen LogP contribution in [0.2, 0.25) is 0 Å². The van der Waals surface area contributed by atoms with Crippen LogP contribution in [0, 0.1) is 23.1 Å². The van der Waals surface area contributed by atoms with Crippen LogP contribution in [0.4, 0.5) is 22.0 Å². The van der Waals surface area contributed by atoms with Gasteiger partial charge in [-0.15, -0.1) is 0 Å². The largest absolute Gasteiger partial charge is 0.436 e. The molecule has 10 nitrogen and oxygen atoms in total. The number of aromatic nitrogens is 6. The molecule has 2 unspecified atom stereocenters. The van der Waals surface area contributed by atoms with Crippen LogP contribution < -0.4 is 0 Å². The number of rotatable bonds is 5. The van der Waals surface area contributed by atoms with Crippen molar-refractivity contribution in [3.63, 3.8) is 0 Å². The van der Waals surface area contributed by atoms with Crippen molar-refractivity contribution in [3.05, 3.63) is 60.3 Å². The standard InChI is InChI=1S/C26H22F5N9O/c27-18-12-38(25(41)16-2-6-33-22(20(16)28)26(29,30)31)8-4-19(18)39-10-14(1-5-32)24(39)40-11-15(9-37-40)21-17-3-7-34-23(17)36-13-35-21/h2-3,6-7,9,11,13-14,18-19,24H,1,4,8,10,12H2,(H,34,35,36)/t14?,18-,19+,24?/m1/s1. The van der Waals surface area contributed by atoms with E-state index >= 15 is 4.39 Å². The number of nitriles is 1. The first-order valence-electron chi connectivity index (χ1n) is 12.8. The van der Waals surface area contributed by atoms with Gasteiger partial charge in [-0.1, -0.05) is 0 Å². The van der Waals surface area contributed by atoms with Crippen LogP contribution in [0.5, 0.6) is 0 Å². The maximum Gasteiger partial charge on any atom is 0.436 e. The van der Waals surface area contributed by atoms with Gasteiger partial charge < -0.3 is 9.88 Å². The molecule has 2 aliphatic heterocycles. The highest BCUT2D eigenvalue weighted by Crippen LogP contribution is 2.42. The highest BCUT2D eigenvalue weighted by molar-refractivity contribution is 5.94. The van der Waals surface area contributed by atoms with E-state index in [9.17, 15) is 27.6 Å². The zero-order chi connectivity index (χ0) is 28.9. The number of nitrogens with one attached hydrogen (secondary N) is 1. The molecule has 0 aromatic carbocycles. The summed E-state index contributed by atoms with van der Waals surface area (Å²) in [4.78, 5) is 30.4. The fourth-order valence-electron chi connectivity index (χ4n) is 5.73. The highest BCUT2D eigenvalue weighted by atomic mass is 19.4. The van der Waals surface area contributed by atoms with E-state index in [2.05, 4.69) is 31.1 Å². The van der Waals surface area contributed by atoms with E-state index in [1.165, 1.54) is 6.33 Å². The van der Waals surface area contributed by atoms with Gasteiger partial charge in [-0.05, 0) is 18.6 Å². The van der Waals surface area contributed by atoms with E-state index < -0.39 is 54.1 Å². The Morgan fingerprint density at radius 1 is 1.20 bits per heavy atom. The second-order valence-electron chi connectivity index (χ2n) is 10.0. The Hall–Kier alpha value is -4.45. The van der Waals surface area contributed by atoms with Gasteiger partial charge in [-0.25, -0.2) is 23.7 Å². The van der Waals surface area contributed by atoms with Gasteiger partial charge in [0.1, 0.15) is 24.3 Å². The fraction of sp³-hybridized carbons (Fsp3) is 0.385. The summed E-state index contributed by atoms with van der Waals surface area (Å²) in [5, 5.41) is 14.6. The number of hydrogen-bond acceptors (Lipinski definition) is 7. The zero-order valence-corrected chi connectivity index (χ0v) is 21.3. The lowest BCUT2D eigenvalue weighted by atomic mass is 9.87. The van der Waals surface area contributed by atoms with Crippen LogP contribution in [0.3, 0.4) is 0 Å². The summed E-state index contributed by atoms with van der Waals surface area (Å²) >= 11 is 0. The number of pyridine rings is 1. The maximum absolute atomic E-state index is 15.6. The number of nitrogens with zero attached hydrogens (tertiary/aromatic N) is 8. The van der Waals surface area contributed by atoms with E-state index in [1.807, 2.05) is 11.0 Å². The number of alkyl halides is 4. The molecule has 0 radical (unpaired) electrons. The summed E-state index contributed by atoms with van der Waals surface area (Å²) in [6, 6.07) is 4.23. The van der Waals surface area contributed by atoms with Crippen LogP contribution in [0.1, 0.15) is 35.1 Å². The van der Waals surface area contributed by atoms with Crippen LogP contribution in [0.25, 0.3) is 22.3 Å². The van der Waals surface area contributed by atoms with Gasteiger partial charge in [0.2, 0.25) is 0 Å². The lowest BCUT2D eigenvalue weighted by Crippen LogP contribution is -2.63. The van der Waals surface area contributed by atoms with E-state index in [0.29, 0.717) is 24.1 Å². The van der Waals surface area contributed by atoms with Crippen LogP contribution >= 0.6 is 0 Å². The molecule has 0 aliphatic carbocycles. The molecule has 4 aromatic heterocycles. The molecular formula is C26H22F5N9O. The van der Waals surface area contributed by atoms with Crippen LogP contribution in [0.15, 0.2) is 43.2 Å². The van der Waals surface area contributed by atoms with Crippen molar-refractivity contribution in [2.24, 2.45) is 5.92 Å². The molecule has 4 aromatic rings. The van der Waals surface area contributed by atoms with Gasteiger partial charge in [0.15, 0.2) is 11.5 Å². The Balaban J connectivity index is 1.20. The fourth-order valence-corrected chi connectivity index (χ4v) is 5.73. The number of H-pyrrole nitrogens is 1. The van der Waals surface area contributed by atoms with Gasteiger partial charge in [0, 0.05) is 61.0 Å². The number of carbonyl (C=O) groups excluding carboxylic acids is 1. The summed E-state index contributed by atoms with van der Waals surface area (Å²) in [5.41, 5.74) is -0.552. The van der Waals surface area contributed by atoms with E-state index in [4.69, 9.17) is 0 Å². The molecule has 41 heavy (non-hydrogen) atoms. The highest BCUT2D eigenvalue weighted by Gasteiger charge is 2.48. The van der Waals surface area contributed by atoms with Gasteiger partial charge in [-0.2, -0.15) is 23.5 Å². The molecule has 2 fully saturated rings. The summed E-state index contributed by atoms with van der Waals surface area (Å²) in [6.45, 7) is 0.0153. The number of piperidine rings is 1. The van der Waals surface area contributed by atoms with Crippen LogP contribution in [-0.2, 0) is 6.18 Å². The lowest BCUT2D eigenvalue weighted by Gasteiger charge is -2.53. The summed E-state index contributed by atoms with van der Waals surface area (Å²) in [7, 11) is 0. The first-order valence-corrected chi connectivity index (χ1v) is 12.8. The topological polar surface area (TPSA) is 120 Å². The number of halogens is 5. The number of amides is 1. The first kappa shape index (κ1) is 26.8. The van der Waals surface area contributed by atoms with Crippen molar-refractivity contribution in [1.29, 1.82) is 5.26 Å². The third-order valence-corrected chi connectivity index (χ3v) is 7.67. The lowest BCUT2D eigenvalue weighted by molar-refractivity contribution is -0.143. The first-order chi connectivity index (χ1) is 19.7. The van der Waals surface area contributed by atoms with Gasteiger partial charge >= 0.3 is 6.18 Å². The van der Waals surface area contributed by atoms with Crippen molar-refractivity contribution in [1.82, 2.24) is 39.5 Å². The third-order valence-electron chi connectivity index (χ3n) is 7.67. The van der Waals surface area contributed by atoms with Gasteiger partial charge in [0.25, 0.3) is 5.91 Å². The number of fused-ring (bicyclic) bond motifs is 1. The number of likely N-dealkylation sites (tertiary alicyclic amines) is 2. The Morgan fingerprint density at radius 3 is 2.78 bits per heavy atom. The average molecular weight is 572 g/mol. The molecule has 15 heteroatoms. The Morgan fingerprint density at radius 2 is 2.02 bits per heavy atom. The molecule has 0 bridgehead atoms. The second-order valence-corrected chi connectivity index (χ2v) is 10.0. The van der Waals surface area contributed by atoms with Gasteiger partial charge in [0.05, 0.1) is 30.1 Å². The second kappa shape index (κ2) is 10.2. The molecule has 2 aliphatic rings. The van der Waals surface area contributed by atoms with E-state index in [-0.39, 0.29) is 25.3 Å². The number of carbonyl (C=O) groups is 1. The van der Waals surface area contributed by atoms with E-state index in [0.717, 1.165) is 21.9 Å². The Bertz CT molecular complexity index is 1640. The molecule has 6 heterocycles. The third kappa shape index (κ3) is 4.67. The molecule has 212 valence electrons. The van der Waals surface area contributed by atoms with E-state index in [1.54, 1.807) is 23.3 Å². The van der Waals surface area contributed by atoms with Crippen molar-refractivity contribution < 1.29 is 26.7 Å². The monoisotopic (exact) mass is 571 g/mol. The van der Waals surface area contributed by atoms with Crippen molar-refractivity contribution >= 4 is 16.9 Å². The average Bonchev–Trinajstić information content (AvgIpc) is 3.60.